The van der Waals surface area contributed by atoms with Gasteiger partial charge in [-0.3, -0.25) is 0 Å². The topological polar surface area (TPSA) is 21.3 Å². The molecule has 1 aromatic carbocycles. The van der Waals surface area contributed by atoms with Crippen LogP contribution in [-0.4, -0.2) is 13.7 Å². The summed E-state index contributed by atoms with van der Waals surface area (Å²) in [6.07, 6.45) is 1.98. The fourth-order valence-electron chi connectivity index (χ4n) is 3.03. The van der Waals surface area contributed by atoms with Gasteiger partial charge in [-0.25, -0.2) is 8.78 Å². The van der Waals surface area contributed by atoms with Gasteiger partial charge < -0.3 is 10.1 Å². The molecule has 2 nitrogen and oxygen atoms in total. The molecule has 1 atom stereocenters. The number of hydrogen-bond donors (Lipinski definition) is 1. The van der Waals surface area contributed by atoms with E-state index in [0.717, 1.165) is 37.4 Å². The van der Waals surface area contributed by atoms with Crippen LogP contribution in [0.3, 0.4) is 0 Å². The second kappa shape index (κ2) is 4.75. The standard InChI is InChI=1S/C15H21F2NO/c1-10-6-7-11(15(3,16)17)13(19-4)12(10)14(2)8-5-9-18-14/h6-7,18H,5,8-9H2,1-4H3. The highest BCUT2D eigenvalue weighted by atomic mass is 19.3. The van der Waals surface area contributed by atoms with E-state index in [1.165, 1.54) is 13.2 Å². The average Bonchev–Trinajstić information content (AvgIpc) is 2.74. The van der Waals surface area contributed by atoms with Crippen molar-refractivity contribution in [3.8, 4) is 5.75 Å². The number of aryl methyl sites for hydroxylation is 1. The Labute approximate surface area is 113 Å². The first-order valence-corrected chi connectivity index (χ1v) is 6.61. The van der Waals surface area contributed by atoms with E-state index in [4.69, 9.17) is 4.74 Å². The van der Waals surface area contributed by atoms with Gasteiger partial charge in [0.1, 0.15) is 5.75 Å². The van der Waals surface area contributed by atoms with Crippen LogP contribution < -0.4 is 10.1 Å². The highest BCUT2D eigenvalue weighted by Crippen LogP contribution is 2.44. The van der Waals surface area contributed by atoms with Crippen molar-refractivity contribution in [2.45, 2.75) is 45.1 Å². The predicted molar refractivity (Wildman–Crippen MR) is 71.9 cm³/mol. The summed E-state index contributed by atoms with van der Waals surface area (Å²) in [6.45, 7) is 5.82. The van der Waals surface area contributed by atoms with Crippen LogP contribution >= 0.6 is 0 Å². The van der Waals surface area contributed by atoms with Crippen molar-refractivity contribution in [3.63, 3.8) is 0 Å². The molecule has 2 rings (SSSR count). The van der Waals surface area contributed by atoms with E-state index in [1.807, 2.05) is 6.92 Å². The number of nitrogens with one attached hydrogen (secondary N) is 1. The summed E-state index contributed by atoms with van der Waals surface area (Å²) in [6, 6.07) is 3.23. The Morgan fingerprint density at radius 1 is 1.37 bits per heavy atom. The van der Waals surface area contributed by atoms with E-state index in [9.17, 15) is 8.78 Å². The van der Waals surface area contributed by atoms with Crippen molar-refractivity contribution >= 4 is 0 Å². The van der Waals surface area contributed by atoms with Gasteiger partial charge in [-0.2, -0.15) is 0 Å². The molecule has 1 N–H and O–H groups in total. The minimum absolute atomic E-state index is 0.0366. The van der Waals surface area contributed by atoms with Crippen molar-refractivity contribution < 1.29 is 13.5 Å². The molecule has 1 aromatic rings. The number of hydrogen-bond acceptors (Lipinski definition) is 2. The lowest BCUT2D eigenvalue weighted by molar-refractivity contribution is 0.0148. The summed E-state index contributed by atoms with van der Waals surface area (Å²) in [5, 5.41) is 3.42. The fraction of sp³-hybridized carbons (Fsp3) is 0.600. The molecule has 1 aliphatic heterocycles. The van der Waals surface area contributed by atoms with E-state index >= 15 is 0 Å². The lowest BCUT2D eigenvalue weighted by atomic mass is 9.84. The van der Waals surface area contributed by atoms with Gasteiger partial charge in [-0.15, -0.1) is 0 Å². The van der Waals surface area contributed by atoms with Crippen LogP contribution in [0.25, 0.3) is 0 Å². The van der Waals surface area contributed by atoms with E-state index in [2.05, 4.69) is 12.2 Å². The molecule has 0 radical (unpaired) electrons. The molecule has 4 heteroatoms. The Morgan fingerprint density at radius 3 is 2.53 bits per heavy atom. The molecule has 0 aromatic heterocycles. The van der Waals surface area contributed by atoms with Gasteiger partial charge in [-0.05, 0) is 44.9 Å². The molecular weight excluding hydrogens is 248 g/mol. The number of halogens is 2. The van der Waals surface area contributed by atoms with Gasteiger partial charge in [-0.1, -0.05) is 6.07 Å². The van der Waals surface area contributed by atoms with Crippen molar-refractivity contribution in [2.75, 3.05) is 13.7 Å². The normalized spacial score (nSPS) is 23.7. The molecule has 0 amide bonds. The zero-order chi connectivity index (χ0) is 14.3. The first-order chi connectivity index (χ1) is 8.79. The van der Waals surface area contributed by atoms with Crippen molar-refractivity contribution in [1.29, 1.82) is 0 Å². The largest absolute Gasteiger partial charge is 0.496 e. The first kappa shape index (κ1) is 14.3. The van der Waals surface area contributed by atoms with Crippen LogP contribution in [-0.2, 0) is 11.5 Å². The van der Waals surface area contributed by atoms with Crippen molar-refractivity contribution in [3.05, 3.63) is 28.8 Å². The van der Waals surface area contributed by atoms with Crippen LogP contribution in [0.1, 0.15) is 43.4 Å². The van der Waals surface area contributed by atoms with Crippen molar-refractivity contribution in [2.24, 2.45) is 0 Å². The molecule has 106 valence electrons. The van der Waals surface area contributed by atoms with E-state index < -0.39 is 5.92 Å². The van der Waals surface area contributed by atoms with E-state index in [0.29, 0.717) is 5.75 Å². The average molecular weight is 269 g/mol. The van der Waals surface area contributed by atoms with Crippen LogP contribution in [0.5, 0.6) is 5.75 Å². The monoisotopic (exact) mass is 269 g/mol. The molecule has 0 spiro atoms. The van der Waals surface area contributed by atoms with E-state index in [-0.39, 0.29) is 11.1 Å². The number of benzene rings is 1. The SMILES string of the molecule is COc1c(C(C)(F)F)ccc(C)c1C1(C)CCCN1. The van der Waals surface area contributed by atoms with Crippen LogP contribution in [0.15, 0.2) is 12.1 Å². The maximum atomic E-state index is 13.7. The molecule has 0 saturated carbocycles. The zero-order valence-electron chi connectivity index (χ0n) is 11.9. The third kappa shape index (κ3) is 2.46. The summed E-state index contributed by atoms with van der Waals surface area (Å²) < 4.78 is 32.8. The summed E-state index contributed by atoms with van der Waals surface area (Å²) in [5.41, 5.74) is 1.54. The summed E-state index contributed by atoms with van der Waals surface area (Å²) in [5.74, 6) is -2.58. The Balaban J connectivity index is 2.65. The van der Waals surface area contributed by atoms with Gasteiger partial charge in [0, 0.05) is 18.0 Å². The quantitative estimate of drug-likeness (QED) is 0.903. The number of methoxy groups -OCH3 is 1. The third-order valence-corrected chi connectivity index (χ3v) is 3.96. The Kier molecular flexibility index (Phi) is 3.56. The molecule has 19 heavy (non-hydrogen) atoms. The molecule has 1 aliphatic rings. The molecule has 1 unspecified atom stereocenters. The fourth-order valence-corrected chi connectivity index (χ4v) is 3.03. The van der Waals surface area contributed by atoms with Gasteiger partial charge in [0.25, 0.3) is 5.92 Å². The van der Waals surface area contributed by atoms with Gasteiger partial charge >= 0.3 is 0 Å². The molecule has 1 fully saturated rings. The molecule has 0 aliphatic carbocycles. The summed E-state index contributed by atoms with van der Waals surface area (Å²) >= 11 is 0. The highest BCUT2D eigenvalue weighted by Gasteiger charge is 2.38. The number of rotatable bonds is 3. The van der Waals surface area contributed by atoms with Gasteiger partial charge in [0.05, 0.1) is 12.7 Å². The minimum atomic E-state index is -2.90. The summed E-state index contributed by atoms with van der Waals surface area (Å²) in [7, 11) is 1.46. The zero-order valence-corrected chi connectivity index (χ0v) is 11.9. The maximum absolute atomic E-state index is 13.7. The molecule has 1 heterocycles. The van der Waals surface area contributed by atoms with E-state index in [1.54, 1.807) is 6.07 Å². The highest BCUT2D eigenvalue weighted by molar-refractivity contribution is 5.51. The summed E-state index contributed by atoms with van der Waals surface area (Å²) in [4.78, 5) is 0. The van der Waals surface area contributed by atoms with Gasteiger partial charge in [0.2, 0.25) is 0 Å². The third-order valence-electron chi connectivity index (χ3n) is 3.96. The Morgan fingerprint density at radius 2 is 2.05 bits per heavy atom. The number of alkyl halides is 2. The first-order valence-electron chi connectivity index (χ1n) is 6.61. The minimum Gasteiger partial charge on any atom is -0.496 e. The molecular formula is C15H21F2NO. The van der Waals surface area contributed by atoms with Gasteiger partial charge in [0.15, 0.2) is 0 Å². The maximum Gasteiger partial charge on any atom is 0.274 e. The van der Waals surface area contributed by atoms with Crippen molar-refractivity contribution in [1.82, 2.24) is 5.32 Å². The predicted octanol–water partition coefficient (Wildman–Crippen LogP) is 3.71. The lowest BCUT2D eigenvalue weighted by Crippen LogP contribution is -2.35. The van der Waals surface area contributed by atoms with Crippen LogP contribution in [0.2, 0.25) is 0 Å². The van der Waals surface area contributed by atoms with Crippen LogP contribution in [0, 0.1) is 6.92 Å². The molecule has 1 saturated heterocycles. The Hall–Kier alpha value is -1.16. The number of ether oxygens (including phenoxy) is 1. The second-order valence-corrected chi connectivity index (χ2v) is 5.59. The lowest BCUT2D eigenvalue weighted by Gasteiger charge is -2.31. The smallest absolute Gasteiger partial charge is 0.274 e. The molecule has 0 bridgehead atoms. The van der Waals surface area contributed by atoms with Crippen LogP contribution in [0.4, 0.5) is 8.78 Å². The Bertz CT molecular complexity index is 474. The second-order valence-electron chi connectivity index (χ2n) is 5.59.